The molecule has 0 heterocycles. The van der Waals surface area contributed by atoms with Crippen LogP contribution in [0.4, 0.5) is 0 Å². The maximum atomic E-state index is 2.53. The Labute approximate surface area is 92.0 Å². The molecule has 2 aliphatic rings. The van der Waals surface area contributed by atoms with E-state index < -0.39 is 0 Å². The average molecular weight is 198 g/mol. The van der Waals surface area contributed by atoms with E-state index in [0.29, 0.717) is 5.92 Å². The zero-order valence-corrected chi connectivity index (χ0v) is 9.75. The molecule has 0 aliphatic heterocycles. The van der Waals surface area contributed by atoms with Crippen LogP contribution in [0, 0.1) is 12.8 Å². The van der Waals surface area contributed by atoms with Gasteiger partial charge in [-0.2, -0.15) is 0 Å². The van der Waals surface area contributed by atoms with Crippen LogP contribution < -0.4 is 0 Å². The third-order valence-corrected chi connectivity index (χ3v) is 4.06. The molecule has 1 aromatic carbocycles. The highest BCUT2D eigenvalue weighted by molar-refractivity contribution is 5.54. The van der Waals surface area contributed by atoms with Crippen LogP contribution >= 0.6 is 0 Å². The zero-order chi connectivity index (χ0) is 10.6. The van der Waals surface area contributed by atoms with Crippen molar-refractivity contribution in [3.05, 3.63) is 46.5 Å². The Morgan fingerprint density at radius 2 is 2.07 bits per heavy atom. The number of hydrogen-bond acceptors (Lipinski definition) is 0. The molecular weight excluding hydrogens is 180 g/mol. The van der Waals surface area contributed by atoms with Crippen LogP contribution in [0.5, 0.6) is 0 Å². The molecule has 0 nitrogen and oxygen atoms in total. The third-order valence-electron chi connectivity index (χ3n) is 4.06. The Hall–Kier alpha value is -1.04. The minimum absolute atomic E-state index is 0.716. The number of allylic oxidation sites excluding steroid dienone is 2. The average Bonchev–Trinajstić information content (AvgIpc) is 2.75. The van der Waals surface area contributed by atoms with Crippen molar-refractivity contribution in [3.8, 4) is 0 Å². The van der Waals surface area contributed by atoms with Gasteiger partial charge in [-0.25, -0.2) is 0 Å². The van der Waals surface area contributed by atoms with Gasteiger partial charge in [-0.3, -0.25) is 0 Å². The van der Waals surface area contributed by atoms with Crippen molar-refractivity contribution in [1.82, 2.24) is 0 Å². The van der Waals surface area contributed by atoms with Crippen LogP contribution in [0.1, 0.15) is 48.8 Å². The highest BCUT2D eigenvalue weighted by Crippen LogP contribution is 2.54. The van der Waals surface area contributed by atoms with Crippen LogP contribution in [0.15, 0.2) is 29.8 Å². The molecule has 0 amide bonds. The molecule has 0 saturated carbocycles. The number of rotatable bonds is 1. The summed E-state index contributed by atoms with van der Waals surface area (Å²) >= 11 is 0. The molecule has 15 heavy (non-hydrogen) atoms. The van der Waals surface area contributed by atoms with Crippen molar-refractivity contribution in [3.63, 3.8) is 0 Å². The van der Waals surface area contributed by atoms with Crippen LogP contribution in [0.3, 0.4) is 0 Å². The highest BCUT2D eigenvalue weighted by atomic mass is 14.4. The first-order valence-corrected chi connectivity index (χ1v) is 5.99. The summed E-state index contributed by atoms with van der Waals surface area (Å²) in [5.74, 6) is 2.18. The maximum Gasteiger partial charge on any atom is 0.00627 e. The fourth-order valence-corrected chi connectivity index (χ4v) is 3.42. The molecule has 1 aromatic rings. The molecular formula is C15H18. The predicted molar refractivity (Wildman–Crippen MR) is 64.2 cm³/mol. The molecule has 0 fully saturated rings. The second-order valence-corrected chi connectivity index (χ2v) is 5.29. The molecule has 2 unspecified atom stereocenters. The van der Waals surface area contributed by atoms with Crippen molar-refractivity contribution in [1.29, 1.82) is 0 Å². The van der Waals surface area contributed by atoms with Gasteiger partial charge in [0.2, 0.25) is 0 Å². The maximum absolute atomic E-state index is 2.53. The Morgan fingerprint density at radius 3 is 2.80 bits per heavy atom. The van der Waals surface area contributed by atoms with Crippen molar-refractivity contribution in [2.45, 2.75) is 39.0 Å². The van der Waals surface area contributed by atoms with Gasteiger partial charge in [0.05, 0.1) is 0 Å². The lowest BCUT2D eigenvalue weighted by atomic mass is 9.84. The second kappa shape index (κ2) is 2.98. The van der Waals surface area contributed by atoms with Gasteiger partial charge in [-0.1, -0.05) is 43.7 Å². The molecule has 0 radical (unpaired) electrons. The molecule has 0 aromatic heterocycles. The summed E-state index contributed by atoms with van der Waals surface area (Å²) in [5, 5.41) is 0. The van der Waals surface area contributed by atoms with E-state index in [1.807, 2.05) is 0 Å². The summed E-state index contributed by atoms with van der Waals surface area (Å²) in [6.45, 7) is 6.90. The van der Waals surface area contributed by atoms with Crippen LogP contribution in [0.25, 0.3) is 0 Å². The van der Waals surface area contributed by atoms with E-state index in [9.17, 15) is 0 Å². The van der Waals surface area contributed by atoms with Gasteiger partial charge in [-0.05, 0) is 36.0 Å². The van der Waals surface area contributed by atoms with E-state index in [-0.39, 0.29) is 0 Å². The first-order valence-electron chi connectivity index (χ1n) is 5.99. The zero-order valence-electron chi connectivity index (χ0n) is 9.75. The van der Waals surface area contributed by atoms with Gasteiger partial charge in [0.1, 0.15) is 0 Å². The van der Waals surface area contributed by atoms with Gasteiger partial charge >= 0.3 is 0 Å². The second-order valence-electron chi connectivity index (χ2n) is 5.29. The minimum atomic E-state index is 0.716. The predicted octanol–water partition coefficient (Wildman–Crippen LogP) is 4.16. The lowest BCUT2D eigenvalue weighted by molar-refractivity contribution is 0.673. The van der Waals surface area contributed by atoms with E-state index in [1.54, 1.807) is 16.7 Å². The molecule has 0 heteroatoms. The summed E-state index contributed by atoms with van der Waals surface area (Å²) in [4.78, 5) is 0. The number of benzene rings is 1. The standard InChI is InChI=1S/C15H18/c1-9(2)13-7-11-8-14(13)12-6-4-5-10(3)15(11)12/h4-7,9,11,14H,8H2,1-3H3. The summed E-state index contributed by atoms with van der Waals surface area (Å²) in [5.41, 5.74) is 6.41. The van der Waals surface area contributed by atoms with E-state index in [4.69, 9.17) is 0 Å². The fraction of sp³-hybridized carbons (Fsp3) is 0.467. The van der Waals surface area contributed by atoms with Crippen molar-refractivity contribution < 1.29 is 0 Å². The Bertz CT molecular complexity index is 437. The molecule has 0 N–H and O–H groups in total. The Kier molecular flexibility index (Phi) is 1.83. The minimum Gasteiger partial charge on any atom is -0.0769 e. The summed E-state index contributed by atoms with van der Waals surface area (Å²) in [6.07, 6.45) is 3.87. The normalized spacial score (nSPS) is 27.1. The fourth-order valence-electron chi connectivity index (χ4n) is 3.42. The summed E-state index contributed by atoms with van der Waals surface area (Å²) in [6, 6.07) is 6.80. The number of hydrogen-bond donors (Lipinski definition) is 0. The van der Waals surface area contributed by atoms with Crippen LogP contribution in [-0.2, 0) is 0 Å². The molecule has 2 bridgehead atoms. The quantitative estimate of drug-likeness (QED) is 0.594. The first kappa shape index (κ1) is 9.21. The van der Waals surface area contributed by atoms with E-state index >= 15 is 0 Å². The van der Waals surface area contributed by atoms with Crippen molar-refractivity contribution in [2.75, 3.05) is 0 Å². The van der Waals surface area contributed by atoms with E-state index in [0.717, 1.165) is 11.8 Å². The SMILES string of the molecule is Cc1cccc2c1C1C=C(C(C)C)C2C1. The molecule has 2 aliphatic carbocycles. The van der Waals surface area contributed by atoms with Gasteiger partial charge in [0.15, 0.2) is 0 Å². The largest absolute Gasteiger partial charge is 0.0769 e. The van der Waals surface area contributed by atoms with Crippen molar-refractivity contribution in [2.24, 2.45) is 5.92 Å². The number of fused-ring (bicyclic) bond motifs is 5. The number of aryl methyl sites for hydroxylation is 1. The monoisotopic (exact) mass is 198 g/mol. The third kappa shape index (κ3) is 1.14. The van der Waals surface area contributed by atoms with Crippen LogP contribution in [-0.4, -0.2) is 0 Å². The van der Waals surface area contributed by atoms with Crippen LogP contribution in [0.2, 0.25) is 0 Å². The highest BCUT2D eigenvalue weighted by Gasteiger charge is 2.38. The van der Waals surface area contributed by atoms with Gasteiger partial charge < -0.3 is 0 Å². The smallest absolute Gasteiger partial charge is 0.00627 e. The Balaban J connectivity index is 2.12. The molecule has 3 rings (SSSR count). The van der Waals surface area contributed by atoms with Gasteiger partial charge in [0, 0.05) is 11.8 Å². The lowest BCUT2D eigenvalue weighted by Crippen LogP contribution is -2.05. The van der Waals surface area contributed by atoms with Crippen molar-refractivity contribution >= 4 is 0 Å². The molecule has 0 saturated heterocycles. The first-order chi connectivity index (χ1) is 7.18. The van der Waals surface area contributed by atoms with E-state index in [2.05, 4.69) is 45.0 Å². The lowest BCUT2D eigenvalue weighted by Gasteiger charge is -2.21. The van der Waals surface area contributed by atoms with E-state index in [1.165, 1.54) is 12.0 Å². The van der Waals surface area contributed by atoms with Gasteiger partial charge in [-0.15, -0.1) is 0 Å². The topological polar surface area (TPSA) is 0 Å². The molecule has 2 atom stereocenters. The molecule has 0 spiro atoms. The summed E-state index contributed by atoms with van der Waals surface area (Å²) in [7, 11) is 0. The molecule has 78 valence electrons. The van der Waals surface area contributed by atoms with Gasteiger partial charge in [0.25, 0.3) is 0 Å². The Morgan fingerprint density at radius 1 is 1.27 bits per heavy atom. The summed E-state index contributed by atoms with van der Waals surface area (Å²) < 4.78 is 0.